The Kier molecular flexibility index (Phi) is 9.42. The number of phosphoric acid groups is 1. The number of aromatic nitrogens is 3. The van der Waals surface area contributed by atoms with Crippen LogP contribution >= 0.6 is 19.4 Å². The van der Waals surface area contributed by atoms with E-state index in [1.165, 1.54) is 13.2 Å². The first-order chi connectivity index (χ1) is 21.6. The molecule has 46 heavy (non-hydrogen) atoms. The number of nitrogens with one attached hydrogen (secondary N) is 3. The number of aryl methyl sites for hydroxylation is 1. The van der Waals surface area contributed by atoms with Gasteiger partial charge in [-0.15, -0.1) is 0 Å². The molecule has 5 N–H and O–H groups in total. The summed E-state index contributed by atoms with van der Waals surface area (Å²) in [6.45, 7) is 8.01. The fourth-order valence-corrected chi connectivity index (χ4v) is 5.84. The first-order valence-corrected chi connectivity index (χ1v) is 16.2. The molecule has 5 rings (SSSR count). The van der Waals surface area contributed by atoms with Crippen LogP contribution < -0.4 is 29.4 Å². The molecule has 0 radical (unpaired) electrons. The Bertz CT molecular complexity index is 1990. The number of benzene rings is 2. The van der Waals surface area contributed by atoms with Crippen molar-refractivity contribution in [3.63, 3.8) is 0 Å². The number of aromatic amines is 1. The summed E-state index contributed by atoms with van der Waals surface area (Å²) in [7, 11) is -3.69. The molecule has 5 aromatic rings. The lowest BCUT2D eigenvalue weighted by Gasteiger charge is -2.24. The lowest BCUT2D eigenvalue weighted by atomic mass is 10.0. The Labute approximate surface area is 270 Å². The molecular weight excluding hydrogens is 633 g/mol. The van der Waals surface area contributed by atoms with E-state index in [1.54, 1.807) is 54.2 Å². The van der Waals surface area contributed by atoms with Gasteiger partial charge < -0.3 is 39.8 Å². The number of hydrogen-bond acceptors (Lipinski definition) is 8. The number of amides is 1. The third-order valence-electron chi connectivity index (χ3n) is 7.36. The highest BCUT2D eigenvalue weighted by molar-refractivity contribution is 7.45. The summed E-state index contributed by atoms with van der Waals surface area (Å²) >= 11 is 6.60. The minimum absolute atomic E-state index is 0.107. The molecule has 12 nitrogen and oxygen atoms in total. The average molecular weight is 668 g/mol. The van der Waals surface area contributed by atoms with Crippen molar-refractivity contribution in [2.24, 2.45) is 0 Å². The molecule has 0 fully saturated rings. The number of rotatable bonds is 10. The number of aliphatic hydroxyl groups excluding tert-OH is 1. The Balaban J connectivity index is 1.51. The van der Waals surface area contributed by atoms with Gasteiger partial charge in [-0.1, -0.05) is 17.7 Å². The molecule has 2 unspecified atom stereocenters. The summed E-state index contributed by atoms with van der Waals surface area (Å²) in [6.07, 6.45) is 4.26. The molecule has 0 aliphatic rings. The van der Waals surface area contributed by atoms with E-state index in [0.29, 0.717) is 44.1 Å². The third kappa shape index (κ3) is 7.50. The van der Waals surface area contributed by atoms with Gasteiger partial charge in [0.2, 0.25) is 0 Å². The second-order valence-electron chi connectivity index (χ2n) is 11.9. The predicted octanol–water partition coefficient (Wildman–Crippen LogP) is 4.54. The van der Waals surface area contributed by atoms with E-state index < -0.39 is 13.9 Å². The number of phosphoric ester groups is 1. The Morgan fingerprint density at radius 2 is 1.98 bits per heavy atom. The number of ether oxygens (including phenoxy) is 1. The lowest BCUT2D eigenvalue weighted by Crippen LogP contribution is -2.38. The van der Waals surface area contributed by atoms with Crippen LogP contribution in [0, 0.1) is 6.92 Å². The van der Waals surface area contributed by atoms with Crippen LogP contribution in [0.15, 0.2) is 61.1 Å². The third-order valence-corrected chi connectivity index (χ3v) is 8.07. The summed E-state index contributed by atoms with van der Waals surface area (Å²) in [5, 5.41) is 18.7. The highest BCUT2D eigenvalue weighted by atomic mass is 35.5. The van der Waals surface area contributed by atoms with Crippen LogP contribution in [0.1, 0.15) is 54.1 Å². The minimum Gasteiger partial charge on any atom is -0.746 e. The van der Waals surface area contributed by atoms with E-state index in [1.807, 2.05) is 33.0 Å². The lowest BCUT2D eigenvalue weighted by molar-refractivity contribution is -0.687. The molecule has 0 aliphatic carbocycles. The van der Waals surface area contributed by atoms with Gasteiger partial charge in [0.15, 0.2) is 24.7 Å². The number of anilines is 1. The number of carbonyl (C=O) groups excluding carboxylic acids is 1. The summed E-state index contributed by atoms with van der Waals surface area (Å²) in [6, 6.07) is 11.7. The normalized spacial score (nSPS) is 13.8. The number of hydrogen-bond donors (Lipinski definition) is 5. The molecule has 0 aliphatic heterocycles. The number of methoxy groups -OCH3 is 1. The zero-order valence-electron chi connectivity index (χ0n) is 25.9. The maximum atomic E-state index is 13.2. The van der Waals surface area contributed by atoms with Crippen molar-refractivity contribution in [2.75, 3.05) is 19.0 Å². The average Bonchev–Trinajstić information content (AvgIpc) is 3.33. The molecule has 2 atom stereocenters. The SMILES string of the molecule is COc1c(Cl)cc2c([nH]c3c[n+](Cc4ccc(C(O)CNC(C)(C)C)cc4OP(=O)([O-])O)ccc32)c1NC(=O)c1cccnc1C. The van der Waals surface area contributed by atoms with Crippen molar-refractivity contribution in [2.45, 2.75) is 45.9 Å². The zero-order valence-corrected chi connectivity index (χ0v) is 27.6. The maximum absolute atomic E-state index is 13.2. The summed E-state index contributed by atoms with van der Waals surface area (Å²) in [5.74, 6) is -0.197. The summed E-state index contributed by atoms with van der Waals surface area (Å²) in [5.41, 5.74) is 3.22. The fraction of sp³-hybridized carbons (Fsp3) is 0.281. The van der Waals surface area contributed by atoms with E-state index in [9.17, 15) is 24.3 Å². The van der Waals surface area contributed by atoms with E-state index >= 15 is 0 Å². The van der Waals surface area contributed by atoms with Crippen LogP contribution in [0.25, 0.3) is 21.8 Å². The van der Waals surface area contributed by atoms with Crippen molar-refractivity contribution in [3.8, 4) is 11.5 Å². The Hall–Kier alpha value is -4.03. The van der Waals surface area contributed by atoms with Gasteiger partial charge in [0.05, 0.1) is 34.9 Å². The van der Waals surface area contributed by atoms with Crippen LogP contribution in [0.3, 0.4) is 0 Å². The van der Waals surface area contributed by atoms with Crippen LogP contribution in [-0.2, 0) is 11.1 Å². The number of halogens is 1. The molecule has 0 saturated heterocycles. The Morgan fingerprint density at radius 1 is 1.22 bits per heavy atom. The highest BCUT2D eigenvalue weighted by Gasteiger charge is 2.23. The first kappa shape index (κ1) is 33.3. The molecule has 242 valence electrons. The number of carbonyl (C=O) groups is 1. The number of β-amino-alcohol motifs (C(OH)–C–C–N with tert-alkyl or cyclic N) is 1. The number of fused-ring (bicyclic) bond motifs is 3. The molecule has 1 amide bonds. The van der Waals surface area contributed by atoms with Gasteiger partial charge in [-0.3, -0.25) is 14.3 Å². The van der Waals surface area contributed by atoms with Crippen molar-refractivity contribution in [1.82, 2.24) is 15.3 Å². The zero-order chi connectivity index (χ0) is 33.4. The summed E-state index contributed by atoms with van der Waals surface area (Å²) < 4.78 is 24.0. The monoisotopic (exact) mass is 667 g/mol. The molecule has 3 aromatic heterocycles. The van der Waals surface area contributed by atoms with Crippen molar-refractivity contribution in [3.05, 3.63) is 88.5 Å². The van der Waals surface area contributed by atoms with E-state index in [0.717, 1.165) is 10.8 Å². The quantitative estimate of drug-likeness (QED) is 0.106. The van der Waals surface area contributed by atoms with Crippen molar-refractivity contribution in [1.29, 1.82) is 0 Å². The van der Waals surface area contributed by atoms with Gasteiger partial charge in [-0.25, -0.2) is 0 Å². The van der Waals surface area contributed by atoms with Gasteiger partial charge in [-0.2, -0.15) is 4.57 Å². The van der Waals surface area contributed by atoms with Gasteiger partial charge in [-0.05, 0) is 63.6 Å². The molecular formula is C32H35ClN5O7P. The molecule has 14 heteroatoms. The van der Waals surface area contributed by atoms with E-state index in [2.05, 4.69) is 20.6 Å². The number of aliphatic hydroxyl groups is 1. The first-order valence-electron chi connectivity index (χ1n) is 14.4. The van der Waals surface area contributed by atoms with Crippen molar-refractivity contribution < 1.29 is 38.1 Å². The fourth-order valence-electron chi connectivity index (χ4n) is 5.14. The molecule has 3 heterocycles. The second kappa shape index (κ2) is 13.0. The van der Waals surface area contributed by atoms with Gasteiger partial charge in [0, 0.05) is 40.8 Å². The Morgan fingerprint density at radius 3 is 2.65 bits per heavy atom. The second-order valence-corrected chi connectivity index (χ2v) is 13.4. The van der Waals surface area contributed by atoms with Crippen LogP contribution in [0.5, 0.6) is 11.5 Å². The van der Waals surface area contributed by atoms with Gasteiger partial charge in [0.1, 0.15) is 17.0 Å². The standard InChI is InChI=1S/C32H35ClN5O7P/c1-18-21(7-6-11-34-18)31(40)37-29-28-23(14-24(33)30(29)44-5)22-10-12-38(17-25(22)36-28)16-20-9-8-19(13-27(20)45-46(41,42)43)26(39)15-35-32(2,3)4/h6-14,17,26,35,39H,15-16H2,1-5H3,(H3,37,40,41,42,43). The molecule has 0 spiro atoms. The number of H-pyrrole nitrogens is 1. The van der Waals surface area contributed by atoms with Crippen molar-refractivity contribution >= 4 is 52.8 Å². The van der Waals surface area contributed by atoms with E-state index in [4.69, 9.17) is 20.9 Å². The topological polar surface area (TPSA) is 173 Å². The van der Waals surface area contributed by atoms with E-state index in [-0.39, 0.29) is 36.0 Å². The number of nitrogens with zero attached hydrogens (tertiary/aromatic N) is 2. The summed E-state index contributed by atoms with van der Waals surface area (Å²) in [4.78, 5) is 42.0. The number of pyridine rings is 2. The molecule has 2 aromatic carbocycles. The van der Waals surface area contributed by atoms with Crippen LogP contribution in [-0.4, -0.2) is 45.1 Å². The largest absolute Gasteiger partial charge is 0.746 e. The minimum atomic E-state index is -5.15. The smallest absolute Gasteiger partial charge is 0.317 e. The molecule has 0 saturated carbocycles. The predicted molar refractivity (Wildman–Crippen MR) is 173 cm³/mol. The molecule has 0 bridgehead atoms. The van der Waals surface area contributed by atoms with Gasteiger partial charge in [0.25, 0.3) is 5.91 Å². The maximum Gasteiger partial charge on any atom is 0.317 e. The van der Waals surface area contributed by atoms with Crippen LogP contribution in [0.4, 0.5) is 5.69 Å². The van der Waals surface area contributed by atoms with Gasteiger partial charge >= 0.3 is 7.82 Å². The van der Waals surface area contributed by atoms with Crippen LogP contribution in [0.2, 0.25) is 5.02 Å². The highest BCUT2D eigenvalue weighted by Crippen LogP contribution is 2.42.